The zero-order chi connectivity index (χ0) is 17.5. The van der Waals surface area contributed by atoms with Crippen LogP contribution in [-0.4, -0.2) is 36.2 Å². The molecule has 2 heteroatoms. The molecule has 0 aliphatic carbocycles. The SMILES string of the molecule is Cc1ccccc1C[C@]1(CO)CCCN(CC#Cc2ccccc2)C1. The Labute approximate surface area is 151 Å². The average molecular weight is 333 g/mol. The number of hydrogen-bond acceptors (Lipinski definition) is 2. The fraction of sp³-hybridized carbons (Fsp3) is 0.391. The van der Waals surface area contributed by atoms with Crippen LogP contribution in [0.1, 0.15) is 29.5 Å². The van der Waals surface area contributed by atoms with Crippen molar-refractivity contribution in [3.05, 3.63) is 71.3 Å². The number of aliphatic hydroxyl groups excluding tert-OH is 1. The minimum atomic E-state index is -0.0429. The third-order valence-electron chi connectivity index (χ3n) is 5.21. The lowest BCUT2D eigenvalue weighted by Crippen LogP contribution is -2.46. The third kappa shape index (κ3) is 4.72. The first-order valence-electron chi connectivity index (χ1n) is 9.12. The van der Waals surface area contributed by atoms with Gasteiger partial charge in [0.05, 0.1) is 13.2 Å². The Kier molecular flexibility index (Phi) is 5.91. The third-order valence-corrected chi connectivity index (χ3v) is 5.21. The molecule has 2 nitrogen and oxygen atoms in total. The zero-order valence-corrected chi connectivity index (χ0v) is 15.0. The summed E-state index contributed by atoms with van der Waals surface area (Å²) in [6.45, 7) is 5.15. The van der Waals surface area contributed by atoms with E-state index >= 15 is 0 Å². The van der Waals surface area contributed by atoms with Crippen LogP contribution in [0.2, 0.25) is 0 Å². The highest BCUT2D eigenvalue weighted by Crippen LogP contribution is 2.34. The van der Waals surface area contributed by atoms with E-state index in [9.17, 15) is 5.11 Å². The van der Waals surface area contributed by atoms with Gasteiger partial charge in [-0.3, -0.25) is 4.90 Å². The van der Waals surface area contributed by atoms with Gasteiger partial charge in [0.2, 0.25) is 0 Å². The van der Waals surface area contributed by atoms with Crippen molar-refractivity contribution in [1.29, 1.82) is 0 Å². The second-order valence-electron chi connectivity index (χ2n) is 7.24. The number of aryl methyl sites for hydroxylation is 1. The molecule has 1 aliphatic rings. The van der Waals surface area contributed by atoms with Crippen molar-refractivity contribution >= 4 is 0 Å². The number of likely N-dealkylation sites (tertiary alicyclic amines) is 1. The molecular formula is C23H27NO. The molecule has 1 heterocycles. The molecule has 0 spiro atoms. The maximum atomic E-state index is 10.2. The summed E-state index contributed by atoms with van der Waals surface area (Å²) >= 11 is 0. The van der Waals surface area contributed by atoms with Gasteiger partial charge in [-0.2, -0.15) is 0 Å². The van der Waals surface area contributed by atoms with E-state index in [2.05, 4.69) is 47.9 Å². The first-order valence-corrected chi connectivity index (χ1v) is 9.12. The summed E-state index contributed by atoms with van der Waals surface area (Å²) < 4.78 is 0. The number of benzene rings is 2. The number of rotatable bonds is 4. The van der Waals surface area contributed by atoms with Crippen LogP contribution >= 0.6 is 0 Å². The summed E-state index contributed by atoms with van der Waals surface area (Å²) in [6.07, 6.45) is 3.15. The molecule has 0 unspecified atom stereocenters. The van der Waals surface area contributed by atoms with Gasteiger partial charge in [0.25, 0.3) is 0 Å². The van der Waals surface area contributed by atoms with E-state index in [-0.39, 0.29) is 12.0 Å². The van der Waals surface area contributed by atoms with Gasteiger partial charge in [0.1, 0.15) is 0 Å². The Balaban J connectivity index is 1.66. The number of hydrogen-bond donors (Lipinski definition) is 1. The molecule has 1 fully saturated rings. The highest BCUT2D eigenvalue weighted by atomic mass is 16.3. The van der Waals surface area contributed by atoms with Gasteiger partial charge in [0, 0.05) is 17.5 Å². The zero-order valence-electron chi connectivity index (χ0n) is 15.0. The minimum absolute atomic E-state index is 0.0429. The van der Waals surface area contributed by atoms with Gasteiger partial charge in [-0.1, -0.05) is 54.3 Å². The number of nitrogens with zero attached hydrogens (tertiary/aromatic N) is 1. The van der Waals surface area contributed by atoms with E-state index in [1.54, 1.807) is 0 Å². The first kappa shape index (κ1) is 17.7. The van der Waals surface area contributed by atoms with E-state index < -0.39 is 0 Å². The molecule has 1 aliphatic heterocycles. The van der Waals surface area contributed by atoms with Crippen molar-refractivity contribution in [2.75, 3.05) is 26.2 Å². The maximum absolute atomic E-state index is 10.2. The molecule has 25 heavy (non-hydrogen) atoms. The largest absolute Gasteiger partial charge is 0.396 e. The van der Waals surface area contributed by atoms with E-state index in [4.69, 9.17) is 0 Å². The Bertz CT molecular complexity index is 743. The minimum Gasteiger partial charge on any atom is -0.396 e. The summed E-state index contributed by atoms with van der Waals surface area (Å²) in [7, 11) is 0. The second-order valence-corrected chi connectivity index (χ2v) is 7.24. The van der Waals surface area contributed by atoms with Gasteiger partial charge in [0.15, 0.2) is 0 Å². The van der Waals surface area contributed by atoms with Crippen LogP contribution in [-0.2, 0) is 6.42 Å². The van der Waals surface area contributed by atoms with Crippen molar-refractivity contribution in [2.45, 2.75) is 26.2 Å². The quantitative estimate of drug-likeness (QED) is 0.863. The molecular weight excluding hydrogens is 306 g/mol. The molecule has 0 aromatic heterocycles. The van der Waals surface area contributed by atoms with Crippen molar-refractivity contribution < 1.29 is 5.11 Å². The van der Waals surface area contributed by atoms with Gasteiger partial charge in [-0.05, 0) is 56.0 Å². The Morgan fingerprint density at radius 2 is 1.84 bits per heavy atom. The molecule has 0 radical (unpaired) electrons. The molecule has 0 bridgehead atoms. The monoisotopic (exact) mass is 333 g/mol. The summed E-state index contributed by atoms with van der Waals surface area (Å²) in [5, 5.41) is 10.2. The van der Waals surface area contributed by atoms with E-state index in [1.165, 1.54) is 11.1 Å². The molecule has 1 N–H and O–H groups in total. The van der Waals surface area contributed by atoms with Crippen molar-refractivity contribution in [2.24, 2.45) is 5.41 Å². The van der Waals surface area contributed by atoms with Gasteiger partial charge >= 0.3 is 0 Å². The lowest BCUT2D eigenvalue weighted by atomic mass is 9.75. The molecule has 2 aromatic rings. The topological polar surface area (TPSA) is 23.5 Å². The van der Waals surface area contributed by atoms with Crippen LogP contribution in [0.25, 0.3) is 0 Å². The predicted molar refractivity (Wildman–Crippen MR) is 103 cm³/mol. The Morgan fingerprint density at radius 1 is 1.08 bits per heavy atom. The number of aliphatic hydroxyl groups is 1. The standard InChI is InChI=1S/C23H27NO/c1-20-9-5-6-13-22(20)17-23(19-25)14-8-16-24(18-23)15-7-12-21-10-3-2-4-11-21/h2-6,9-11,13,25H,8,14-19H2,1H3/t23-/m1/s1. The lowest BCUT2D eigenvalue weighted by molar-refractivity contribution is 0.0383. The first-order chi connectivity index (χ1) is 12.2. The molecule has 1 saturated heterocycles. The molecule has 3 rings (SSSR count). The predicted octanol–water partition coefficient (Wildman–Crippen LogP) is 3.66. The van der Waals surface area contributed by atoms with Gasteiger partial charge in [-0.25, -0.2) is 0 Å². The summed E-state index contributed by atoms with van der Waals surface area (Å²) in [4.78, 5) is 2.40. The molecule has 0 amide bonds. The molecule has 1 atom stereocenters. The molecule has 0 saturated carbocycles. The van der Waals surface area contributed by atoms with Crippen LogP contribution in [0.15, 0.2) is 54.6 Å². The smallest absolute Gasteiger partial charge is 0.0605 e. The van der Waals surface area contributed by atoms with Gasteiger partial charge < -0.3 is 5.11 Å². The van der Waals surface area contributed by atoms with Crippen LogP contribution in [0.3, 0.4) is 0 Å². The van der Waals surface area contributed by atoms with Crippen molar-refractivity contribution in [1.82, 2.24) is 4.90 Å². The van der Waals surface area contributed by atoms with Crippen molar-refractivity contribution in [3.8, 4) is 11.8 Å². The second kappa shape index (κ2) is 8.34. The van der Waals surface area contributed by atoms with Crippen LogP contribution in [0, 0.1) is 24.2 Å². The molecule has 2 aromatic carbocycles. The van der Waals surface area contributed by atoms with Crippen LogP contribution in [0.4, 0.5) is 0 Å². The van der Waals surface area contributed by atoms with Crippen molar-refractivity contribution in [3.63, 3.8) is 0 Å². The van der Waals surface area contributed by atoms with E-state index in [0.717, 1.165) is 44.5 Å². The fourth-order valence-corrected chi connectivity index (χ4v) is 3.76. The summed E-state index contributed by atoms with van der Waals surface area (Å²) in [6, 6.07) is 18.7. The highest BCUT2D eigenvalue weighted by Gasteiger charge is 2.35. The average Bonchev–Trinajstić information content (AvgIpc) is 2.65. The lowest BCUT2D eigenvalue weighted by Gasteiger charge is -2.41. The van der Waals surface area contributed by atoms with Gasteiger partial charge in [-0.15, -0.1) is 0 Å². The van der Waals surface area contributed by atoms with E-state index in [0.29, 0.717) is 0 Å². The van der Waals surface area contributed by atoms with E-state index in [1.807, 2.05) is 30.3 Å². The summed E-state index contributed by atoms with van der Waals surface area (Å²) in [5.74, 6) is 6.54. The normalized spacial score (nSPS) is 20.7. The Hall–Kier alpha value is -2.08. The fourth-order valence-electron chi connectivity index (χ4n) is 3.76. The Morgan fingerprint density at radius 3 is 2.60 bits per heavy atom. The highest BCUT2D eigenvalue weighted by molar-refractivity contribution is 5.34. The van der Waals surface area contributed by atoms with Crippen LogP contribution in [0.5, 0.6) is 0 Å². The maximum Gasteiger partial charge on any atom is 0.0605 e. The molecule has 130 valence electrons. The summed E-state index contributed by atoms with van der Waals surface area (Å²) in [5.41, 5.74) is 3.69. The number of piperidine rings is 1. The van der Waals surface area contributed by atoms with Crippen LogP contribution < -0.4 is 0 Å².